The van der Waals surface area contributed by atoms with Crippen molar-refractivity contribution in [1.29, 1.82) is 0 Å². The highest BCUT2D eigenvalue weighted by Gasteiger charge is 2.09. The Kier molecular flexibility index (Phi) is 5.17. The van der Waals surface area contributed by atoms with E-state index < -0.39 is 10.0 Å². The lowest BCUT2D eigenvalue weighted by atomic mass is 10.2. The molecule has 0 rings (SSSR count). The van der Waals surface area contributed by atoms with Gasteiger partial charge in [-0.1, -0.05) is 25.8 Å². The molecule has 0 aromatic carbocycles. The van der Waals surface area contributed by atoms with E-state index in [1.54, 1.807) is 13.0 Å². The molecule has 0 aliphatic carbocycles. The Bertz CT molecular complexity index is 242. The zero-order valence-corrected chi connectivity index (χ0v) is 8.52. The van der Waals surface area contributed by atoms with Gasteiger partial charge in [-0.15, -0.1) is 0 Å². The summed E-state index contributed by atoms with van der Waals surface area (Å²) in [5.74, 6) is 0. The van der Waals surface area contributed by atoms with Gasteiger partial charge in [0.05, 0.1) is 4.91 Å². The molecule has 0 aliphatic heterocycles. The Morgan fingerprint density at radius 3 is 2.33 bits per heavy atom. The maximum absolute atomic E-state index is 10.9. The van der Waals surface area contributed by atoms with Crippen LogP contribution >= 0.6 is 0 Å². The fourth-order valence-corrected chi connectivity index (χ4v) is 1.76. The first-order chi connectivity index (χ1) is 5.52. The highest BCUT2D eigenvalue weighted by molar-refractivity contribution is 7.93. The second-order valence-corrected chi connectivity index (χ2v) is 4.37. The Balaban J connectivity index is 4.05. The lowest BCUT2D eigenvalue weighted by Crippen LogP contribution is -2.14. The summed E-state index contributed by atoms with van der Waals surface area (Å²) in [4.78, 5) is 0.357. The van der Waals surface area contributed by atoms with Gasteiger partial charge in [-0.05, 0) is 19.8 Å². The van der Waals surface area contributed by atoms with Crippen LogP contribution in [0.4, 0.5) is 0 Å². The minimum atomic E-state index is -3.43. The molecule has 3 nitrogen and oxygen atoms in total. The number of rotatable bonds is 5. The van der Waals surface area contributed by atoms with Gasteiger partial charge in [-0.2, -0.15) is 0 Å². The fourth-order valence-electron chi connectivity index (χ4n) is 1.00. The smallest absolute Gasteiger partial charge is 0.225 e. The number of unbranched alkanes of at least 4 members (excludes halogenated alkanes) is 2. The first-order valence-corrected chi connectivity index (χ1v) is 5.75. The van der Waals surface area contributed by atoms with E-state index in [1.807, 2.05) is 0 Å². The zero-order chi connectivity index (χ0) is 9.61. The minimum Gasteiger partial charge on any atom is -0.225 e. The van der Waals surface area contributed by atoms with E-state index in [-0.39, 0.29) is 0 Å². The van der Waals surface area contributed by atoms with E-state index >= 15 is 0 Å². The second kappa shape index (κ2) is 5.32. The third-order valence-electron chi connectivity index (χ3n) is 1.71. The average molecular weight is 191 g/mol. The van der Waals surface area contributed by atoms with E-state index in [4.69, 9.17) is 5.14 Å². The van der Waals surface area contributed by atoms with Gasteiger partial charge >= 0.3 is 0 Å². The SMILES string of the molecule is C/C=C(/CCCCC)S(N)(=O)=O. The number of allylic oxidation sites excluding steroid dienone is 2. The van der Waals surface area contributed by atoms with E-state index in [0.29, 0.717) is 11.3 Å². The van der Waals surface area contributed by atoms with Gasteiger partial charge < -0.3 is 0 Å². The highest BCUT2D eigenvalue weighted by Crippen LogP contribution is 2.12. The molecule has 0 spiro atoms. The first-order valence-electron chi connectivity index (χ1n) is 4.20. The maximum atomic E-state index is 10.9. The predicted molar refractivity (Wildman–Crippen MR) is 51.0 cm³/mol. The molecule has 0 unspecified atom stereocenters. The van der Waals surface area contributed by atoms with Crippen molar-refractivity contribution in [3.63, 3.8) is 0 Å². The topological polar surface area (TPSA) is 60.2 Å². The van der Waals surface area contributed by atoms with Gasteiger partial charge in [-0.25, -0.2) is 13.6 Å². The number of nitrogens with two attached hydrogens (primary N) is 1. The van der Waals surface area contributed by atoms with Crippen LogP contribution in [0.25, 0.3) is 0 Å². The standard InChI is InChI=1S/C8H17NO2S/c1-3-5-6-7-8(4-2)12(9,10)11/h4H,3,5-7H2,1-2H3,(H2,9,10,11)/b8-4-. The fraction of sp³-hybridized carbons (Fsp3) is 0.750. The number of hydrogen-bond donors (Lipinski definition) is 1. The van der Waals surface area contributed by atoms with E-state index in [1.165, 1.54) is 0 Å². The van der Waals surface area contributed by atoms with Crippen LogP contribution in [-0.4, -0.2) is 8.42 Å². The Morgan fingerprint density at radius 2 is 2.00 bits per heavy atom. The molecule has 0 aromatic heterocycles. The van der Waals surface area contributed by atoms with Crippen molar-refractivity contribution in [2.75, 3.05) is 0 Å². The van der Waals surface area contributed by atoms with Crippen LogP contribution < -0.4 is 5.14 Å². The summed E-state index contributed by atoms with van der Waals surface area (Å²) >= 11 is 0. The number of sulfonamides is 1. The van der Waals surface area contributed by atoms with Crippen molar-refractivity contribution in [2.45, 2.75) is 39.5 Å². The van der Waals surface area contributed by atoms with Crippen molar-refractivity contribution >= 4 is 10.0 Å². The van der Waals surface area contributed by atoms with Crippen molar-refractivity contribution in [3.05, 3.63) is 11.0 Å². The molecule has 0 aliphatic rings. The van der Waals surface area contributed by atoms with Gasteiger partial charge in [0.2, 0.25) is 10.0 Å². The summed E-state index contributed by atoms with van der Waals surface area (Å²) in [5, 5.41) is 4.98. The molecule has 4 heteroatoms. The molecular formula is C8H17NO2S. The highest BCUT2D eigenvalue weighted by atomic mass is 32.2. The summed E-state index contributed by atoms with van der Waals surface area (Å²) in [6.07, 6.45) is 5.18. The van der Waals surface area contributed by atoms with Crippen LogP contribution in [0, 0.1) is 0 Å². The van der Waals surface area contributed by atoms with E-state index in [9.17, 15) is 8.42 Å². The molecular weight excluding hydrogens is 174 g/mol. The van der Waals surface area contributed by atoms with Crippen LogP contribution in [0.15, 0.2) is 11.0 Å². The van der Waals surface area contributed by atoms with Gasteiger partial charge in [0.15, 0.2) is 0 Å². The summed E-state index contributed by atoms with van der Waals surface area (Å²) < 4.78 is 21.7. The van der Waals surface area contributed by atoms with Crippen molar-refractivity contribution in [1.82, 2.24) is 0 Å². The van der Waals surface area contributed by atoms with Gasteiger partial charge in [0.1, 0.15) is 0 Å². The molecule has 0 saturated heterocycles. The molecule has 0 aromatic rings. The van der Waals surface area contributed by atoms with Crippen molar-refractivity contribution in [2.24, 2.45) is 5.14 Å². The largest absolute Gasteiger partial charge is 0.233 e. The monoisotopic (exact) mass is 191 g/mol. The molecule has 12 heavy (non-hydrogen) atoms. The number of primary sulfonamides is 1. The quantitative estimate of drug-likeness (QED) is 0.673. The molecule has 0 radical (unpaired) electrons. The molecule has 0 atom stereocenters. The Labute approximate surface area is 74.7 Å². The van der Waals surface area contributed by atoms with Crippen LogP contribution in [0.1, 0.15) is 39.5 Å². The Hall–Kier alpha value is -0.350. The van der Waals surface area contributed by atoms with Crippen LogP contribution in [0.3, 0.4) is 0 Å². The first kappa shape index (κ1) is 11.6. The van der Waals surface area contributed by atoms with E-state index in [2.05, 4.69) is 6.92 Å². The molecule has 0 bridgehead atoms. The molecule has 0 fully saturated rings. The average Bonchev–Trinajstić information content (AvgIpc) is 1.95. The van der Waals surface area contributed by atoms with Crippen molar-refractivity contribution < 1.29 is 8.42 Å². The third kappa shape index (κ3) is 4.51. The predicted octanol–water partition coefficient (Wildman–Crippen LogP) is 1.76. The van der Waals surface area contributed by atoms with Crippen LogP contribution in [0.5, 0.6) is 0 Å². The van der Waals surface area contributed by atoms with E-state index in [0.717, 1.165) is 19.3 Å². The minimum absolute atomic E-state index is 0.357. The molecule has 0 heterocycles. The second-order valence-electron chi connectivity index (χ2n) is 2.76. The lowest BCUT2D eigenvalue weighted by Gasteiger charge is -2.02. The normalized spacial score (nSPS) is 13.4. The third-order valence-corrected chi connectivity index (χ3v) is 2.88. The van der Waals surface area contributed by atoms with Gasteiger partial charge in [0, 0.05) is 0 Å². The summed E-state index contributed by atoms with van der Waals surface area (Å²) in [7, 11) is -3.43. The summed E-state index contributed by atoms with van der Waals surface area (Å²) in [5.41, 5.74) is 0. The van der Waals surface area contributed by atoms with Gasteiger partial charge in [0.25, 0.3) is 0 Å². The molecule has 0 saturated carbocycles. The van der Waals surface area contributed by atoms with Crippen molar-refractivity contribution in [3.8, 4) is 0 Å². The van der Waals surface area contributed by atoms with Gasteiger partial charge in [-0.3, -0.25) is 0 Å². The molecule has 0 amide bonds. The van der Waals surface area contributed by atoms with Crippen LogP contribution in [0.2, 0.25) is 0 Å². The molecule has 72 valence electrons. The Morgan fingerprint density at radius 1 is 1.42 bits per heavy atom. The lowest BCUT2D eigenvalue weighted by molar-refractivity contribution is 0.599. The summed E-state index contributed by atoms with van der Waals surface area (Å²) in [6, 6.07) is 0. The zero-order valence-electron chi connectivity index (χ0n) is 7.71. The molecule has 2 N–H and O–H groups in total. The summed E-state index contributed by atoms with van der Waals surface area (Å²) in [6.45, 7) is 3.78. The number of hydrogen-bond acceptors (Lipinski definition) is 2. The van der Waals surface area contributed by atoms with Crippen LogP contribution in [-0.2, 0) is 10.0 Å². The maximum Gasteiger partial charge on any atom is 0.233 e.